The molecule has 1 aromatic heterocycles. The smallest absolute Gasteiger partial charge is 0.271 e. The number of nitrogens with zero attached hydrogens (tertiary/aromatic N) is 2. The molecule has 1 aliphatic rings. The summed E-state index contributed by atoms with van der Waals surface area (Å²) < 4.78 is 0. The molecule has 6 heteroatoms. The Morgan fingerprint density at radius 1 is 1.67 bits per heavy atom. The van der Waals surface area contributed by atoms with Gasteiger partial charge in [0.15, 0.2) is 0 Å². The first-order valence-corrected chi connectivity index (χ1v) is 6.31. The van der Waals surface area contributed by atoms with Crippen LogP contribution in [-0.2, 0) is 0 Å². The molecule has 2 unspecified atom stereocenters. The molecule has 1 fully saturated rings. The number of hydrogen-bond donors (Lipinski definition) is 2. The molecule has 1 aliphatic heterocycles. The molecule has 0 bridgehead atoms. The van der Waals surface area contributed by atoms with Gasteiger partial charge in [0.2, 0.25) is 0 Å². The molecule has 0 spiro atoms. The van der Waals surface area contributed by atoms with E-state index in [-0.39, 0.29) is 23.7 Å². The lowest BCUT2D eigenvalue weighted by Crippen LogP contribution is -2.57. The van der Waals surface area contributed by atoms with E-state index in [1.807, 2.05) is 7.05 Å². The summed E-state index contributed by atoms with van der Waals surface area (Å²) in [5.74, 6) is -0.259. The van der Waals surface area contributed by atoms with Gasteiger partial charge in [-0.05, 0) is 32.1 Å². The van der Waals surface area contributed by atoms with Crippen molar-refractivity contribution in [2.75, 3.05) is 20.1 Å². The summed E-state index contributed by atoms with van der Waals surface area (Å²) in [6.07, 6.45) is 2.39. The van der Waals surface area contributed by atoms with Gasteiger partial charge in [0.25, 0.3) is 5.91 Å². The Labute approximate surface area is 111 Å². The number of nitrogens with one attached hydrogen (secondary N) is 1. The Kier molecular flexibility index (Phi) is 4.16. The highest BCUT2D eigenvalue weighted by Crippen LogP contribution is 2.13. The molecule has 1 amide bonds. The monoisotopic (exact) mass is 268 g/mol. The molecular weight excluding hydrogens is 252 g/mol. The molecule has 3 N–H and O–H groups in total. The average Bonchev–Trinajstić information content (AvgIpc) is 2.33. The number of carbonyl (C=O) groups excluding carboxylic acids is 1. The highest BCUT2D eigenvalue weighted by atomic mass is 35.5. The maximum Gasteiger partial charge on any atom is 0.271 e. The van der Waals surface area contributed by atoms with Gasteiger partial charge in [-0.25, -0.2) is 4.98 Å². The zero-order valence-corrected chi connectivity index (χ0v) is 11.0. The first kappa shape index (κ1) is 13.3. The minimum absolute atomic E-state index is 0.0215. The molecule has 98 valence electrons. The normalized spacial score (nSPS) is 24.8. The number of amides is 1. The van der Waals surface area contributed by atoms with E-state index in [1.165, 1.54) is 0 Å². The van der Waals surface area contributed by atoms with Crippen molar-refractivity contribution < 1.29 is 4.79 Å². The van der Waals surface area contributed by atoms with Gasteiger partial charge in [0.05, 0.1) is 5.02 Å². The Hall–Kier alpha value is -1.17. The van der Waals surface area contributed by atoms with Crippen molar-refractivity contribution in [2.45, 2.75) is 18.5 Å². The van der Waals surface area contributed by atoms with E-state index in [2.05, 4.69) is 15.2 Å². The van der Waals surface area contributed by atoms with Gasteiger partial charge in [-0.3, -0.25) is 4.79 Å². The number of piperidine rings is 1. The van der Waals surface area contributed by atoms with Crippen LogP contribution in [0.2, 0.25) is 5.02 Å². The predicted molar refractivity (Wildman–Crippen MR) is 70.6 cm³/mol. The summed E-state index contributed by atoms with van der Waals surface area (Å²) in [5.41, 5.74) is 6.28. The number of carbonyl (C=O) groups is 1. The third-order valence-electron chi connectivity index (χ3n) is 3.15. The fraction of sp³-hybridized carbons (Fsp3) is 0.500. The second-order valence-corrected chi connectivity index (χ2v) is 5.04. The van der Waals surface area contributed by atoms with Crippen LogP contribution in [0, 0.1) is 0 Å². The van der Waals surface area contributed by atoms with Crippen LogP contribution in [0.1, 0.15) is 16.9 Å². The second kappa shape index (κ2) is 5.65. The lowest BCUT2D eigenvalue weighted by atomic mass is 10.0. The van der Waals surface area contributed by atoms with Crippen molar-refractivity contribution in [2.24, 2.45) is 5.73 Å². The maximum atomic E-state index is 12.0. The zero-order valence-electron chi connectivity index (χ0n) is 10.3. The molecule has 1 saturated heterocycles. The molecule has 1 aromatic rings. The van der Waals surface area contributed by atoms with Crippen molar-refractivity contribution in [1.29, 1.82) is 0 Å². The first-order chi connectivity index (χ1) is 8.58. The highest BCUT2D eigenvalue weighted by molar-refractivity contribution is 6.33. The van der Waals surface area contributed by atoms with E-state index < -0.39 is 0 Å². The first-order valence-electron chi connectivity index (χ1n) is 5.93. The Balaban J connectivity index is 2.02. The molecule has 5 nitrogen and oxygen atoms in total. The van der Waals surface area contributed by atoms with Crippen molar-refractivity contribution in [3.8, 4) is 0 Å². The number of likely N-dealkylation sites (tertiary alicyclic amines) is 1. The third-order valence-corrected chi connectivity index (χ3v) is 3.46. The van der Waals surface area contributed by atoms with Crippen LogP contribution in [0.25, 0.3) is 0 Å². The minimum atomic E-state index is -0.259. The van der Waals surface area contributed by atoms with Crippen molar-refractivity contribution in [3.63, 3.8) is 0 Å². The molecule has 0 radical (unpaired) electrons. The Morgan fingerprint density at radius 2 is 2.44 bits per heavy atom. The summed E-state index contributed by atoms with van der Waals surface area (Å²) in [5, 5.41) is 3.27. The number of halogens is 1. The largest absolute Gasteiger partial charge is 0.346 e. The molecular formula is C12H17ClN4O. The number of pyridine rings is 1. The molecule has 0 aliphatic carbocycles. The summed E-state index contributed by atoms with van der Waals surface area (Å²) in [7, 11) is 2.02. The maximum absolute atomic E-state index is 12.0. The van der Waals surface area contributed by atoms with Gasteiger partial charge in [0, 0.05) is 24.8 Å². The fourth-order valence-corrected chi connectivity index (χ4v) is 2.33. The SMILES string of the molecule is CN1CCC(NC(=O)c2ncccc2Cl)C(N)C1. The quantitative estimate of drug-likeness (QED) is 0.819. The van der Waals surface area contributed by atoms with E-state index in [1.54, 1.807) is 18.3 Å². The van der Waals surface area contributed by atoms with Gasteiger partial charge in [-0.1, -0.05) is 11.6 Å². The average molecular weight is 269 g/mol. The Morgan fingerprint density at radius 3 is 3.11 bits per heavy atom. The standard InChI is InChI=1S/C12H17ClN4O/c1-17-6-4-10(9(14)7-17)16-12(18)11-8(13)3-2-5-15-11/h2-3,5,9-10H,4,6-7,14H2,1H3,(H,16,18). The molecule has 0 saturated carbocycles. The lowest BCUT2D eigenvalue weighted by Gasteiger charge is -2.34. The van der Waals surface area contributed by atoms with Crippen LogP contribution >= 0.6 is 11.6 Å². The van der Waals surface area contributed by atoms with Gasteiger partial charge in [-0.2, -0.15) is 0 Å². The summed E-state index contributed by atoms with van der Waals surface area (Å²) in [4.78, 5) is 18.2. The highest BCUT2D eigenvalue weighted by Gasteiger charge is 2.27. The van der Waals surface area contributed by atoms with Gasteiger partial charge in [-0.15, -0.1) is 0 Å². The van der Waals surface area contributed by atoms with Gasteiger partial charge in [0.1, 0.15) is 5.69 Å². The molecule has 2 atom stereocenters. The predicted octanol–water partition coefficient (Wildman–Crippen LogP) is 0.496. The Bertz CT molecular complexity index is 440. The van der Waals surface area contributed by atoms with E-state index in [4.69, 9.17) is 17.3 Å². The summed E-state index contributed by atoms with van der Waals surface area (Å²) >= 11 is 5.93. The minimum Gasteiger partial charge on any atom is -0.346 e. The second-order valence-electron chi connectivity index (χ2n) is 4.63. The topological polar surface area (TPSA) is 71.2 Å². The van der Waals surface area contributed by atoms with Crippen molar-refractivity contribution >= 4 is 17.5 Å². The van der Waals surface area contributed by atoms with Crippen LogP contribution in [0.4, 0.5) is 0 Å². The molecule has 0 aromatic carbocycles. The lowest BCUT2D eigenvalue weighted by molar-refractivity contribution is 0.0901. The third kappa shape index (κ3) is 2.98. The van der Waals surface area contributed by atoms with Crippen LogP contribution in [0.15, 0.2) is 18.3 Å². The summed E-state index contributed by atoms with van der Waals surface area (Å²) in [6.45, 7) is 1.70. The zero-order chi connectivity index (χ0) is 13.1. The van der Waals surface area contributed by atoms with Crippen LogP contribution in [0.3, 0.4) is 0 Å². The number of aromatic nitrogens is 1. The van der Waals surface area contributed by atoms with Crippen LogP contribution < -0.4 is 11.1 Å². The van der Waals surface area contributed by atoms with Crippen molar-refractivity contribution in [1.82, 2.24) is 15.2 Å². The fourth-order valence-electron chi connectivity index (χ4n) is 2.12. The van der Waals surface area contributed by atoms with Gasteiger partial charge >= 0.3 is 0 Å². The molecule has 18 heavy (non-hydrogen) atoms. The number of rotatable bonds is 2. The number of nitrogens with two attached hydrogens (primary N) is 1. The van der Waals surface area contributed by atoms with Crippen molar-refractivity contribution in [3.05, 3.63) is 29.0 Å². The van der Waals surface area contributed by atoms with Gasteiger partial charge < -0.3 is 16.0 Å². The van der Waals surface area contributed by atoms with Crippen LogP contribution in [-0.4, -0.2) is 48.0 Å². The molecule has 2 rings (SSSR count). The summed E-state index contributed by atoms with van der Waals surface area (Å²) in [6, 6.07) is 3.26. The van der Waals surface area contributed by atoms with E-state index >= 15 is 0 Å². The molecule has 2 heterocycles. The van der Waals surface area contributed by atoms with Crippen LogP contribution in [0.5, 0.6) is 0 Å². The number of hydrogen-bond acceptors (Lipinski definition) is 4. The van der Waals surface area contributed by atoms with E-state index in [9.17, 15) is 4.79 Å². The van der Waals surface area contributed by atoms with E-state index in [0.29, 0.717) is 5.02 Å². The van der Waals surface area contributed by atoms with E-state index in [0.717, 1.165) is 19.5 Å². The number of likely N-dealkylation sites (N-methyl/N-ethyl adjacent to an activating group) is 1.